The number of para-hydroxylation sites is 1. The number of benzene rings is 1. The van der Waals surface area contributed by atoms with Gasteiger partial charge in [0, 0.05) is 13.1 Å². The van der Waals surface area contributed by atoms with Gasteiger partial charge in [-0.2, -0.15) is 0 Å². The standard InChI is InChI=1S/C12H10N2O4/c1-14(11(15)9-6-7-18-13-9)10-5-3-2-4-8(10)12(16)17/h2-7H,1H3,(H,16,17). The van der Waals surface area contributed by atoms with Crippen molar-refractivity contribution in [3.63, 3.8) is 0 Å². The molecule has 0 fully saturated rings. The van der Waals surface area contributed by atoms with E-state index >= 15 is 0 Å². The number of hydrogen-bond acceptors (Lipinski definition) is 4. The minimum atomic E-state index is -1.09. The van der Waals surface area contributed by atoms with Crippen LogP contribution in [0, 0.1) is 0 Å². The molecule has 0 aliphatic rings. The lowest BCUT2D eigenvalue weighted by Crippen LogP contribution is -2.28. The molecule has 0 atom stereocenters. The number of rotatable bonds is 3. The summed E-state index contributed by atoms with van der Waals surface area (Å²) in [5.74, 6) is -1.53. The van der Waals surface area contributed by atoms with Crippen molar-refractivity contribution < 1.29 is 19.2 Å². The number of hydrogen-bond donors (Lipinski definition) is 1. The molecule has 0 radical (unpaired) electrons. The first kappa shape index (κ1) is 11.8. The monoisotopic (exact) mass is 246 g/mol. The second-order valence-corrected chi connectivity index (χ2v) is 3.57. The van der Waals surface area contributed by atoms with Gasteiger partial charge in [0.25, 0.3) is 5.91 Å². The van der Waals surface area contributed by atoms with Crippen LogP contribution in [0.5, 0.6) is 0 Å². The number of carboxylic acid groups (broad SMARTS) is 1. The van der Waals surface area contributed by atoms with Crippen LogP contribution in [0.3, 0.4) is 0 Å². The van der Waals surface area contributed by atoms with E-state index in [1.807, 2.05) is 0 Å². The van der Waals surface area contributed by atoms with Crippen LogP contribution in [-0.2, 0) is 0 Å². The molecule has 0 saturated carbocycles. The number of carbonyl (C=O) groups is 2. The van der Waals surface area contributed by atoms with Gasteiger partial charge in [-0.3, -0.25) is 4.79 Å². The molecule has 6 heteroatoms. The third-order valence-electron chi connectivity index (χ3n) is 2.46. The molecule has 1 heterocycles. The number of aromatic nitrogens is 1. The first-order valence-electron chi connectivity index (χ1n) is 5.12. The van der Waals surface area contributed by atoms with Gasteiger partial charge in [-0.1, -0.05) is 17.3 Å². The largest absolute Gasteiger partial charge is 0.478 e. The lowest BCUT2D eigenvalue weighted by Gasteiger charge is -2.17. The third-order valence-corrected chi connectivity index (χ3v) is 2.46. The SMILES string of the molecule is CN(C(=O)c1ccon1)c1ccccc1C(=O)O. The first-order chi connectivity index (χ1) is 8.61. The fraction of sp³-hybridized carbons (Fsp3) is 0.0833. The molecule has 2 rings (SSSR count). The maximum atomic E-state index is 12.0. The molecular weight excluding hydrogens is 236 g/mol. The Bertz CT molecular complexity index is 578. The summed E-state index contributed by atoms with van der Waals surface area (Å²) in [6, 6.07) is 7.67. The fourth-order valence-electron chi connectivity index (χ4n) is 1.55. The number of carboxylic acids is 1. The van der Waals surface area contributed by atoms with E-state index in [0.29, 0.717) is 5.69 Å². The van der Waals surface area contributed by atoms with Gasteiger partial charge < -0.3 is 14.5 Å². The van der Waals surface area contributed by atoms with Gasteiger partial charge in [0.05, 0.1) is 11.3 Å². The molecule has 0 spiro atoms. The Balaban J connectivity index is 2.37. The van der Waals surface area contributed by atoms with Crippen LogP contribution in [0.25, 0.3) is 0 Å². The van der Waals surface area contributed by atoms with Gasteiger partial charge in [-0.15, -0.1) is 0 Å². The second-order valence-electron chi connectivity index (χ2n) is 3.57. The zero-order chi connectivity index (χ0) is 13.1. The van der Waals surface area contributed by atoms with Crippen LogP contribution in [0.2, 0.25) is 0 Å². The molecule has 0 aliphatic carbocycles. The highest BCUT2D eigenvalue weighted by molar-refractivity contribution is 6.07. The minimum absolute atomic E-state index is 0.0526. The molecule has 18 heavy (non-hydrogen) atoms. The Morgan fingerprint density at radius 2 is 2.00 bits per heavy atom. The van der Waals surface area contributed by atoms with Gasteiger partial charge in [-0.05, 0) is 12.1 Å². The lowest BCUT2D eigenvalue weighted by molar-refractivity contribution is 0.0697. The Kier molecular flexibility index (Phi) is 3.09. The highest BCUT2D eigenvalue weighted by Crippen LogP contribution is 2.20. The van der Waals surface area contributed by atoms with E-state index in [1.54, 1.807) is 18.2 Å². The van der Waals surface area contributed by atoms with Crippen molar-refractivity contribution in [3.05, 3.63) is 47.9 Å². The summed E-state index contributed by atoms with van der Waals surface area (Å²) in [5, 5.41) is 12.6. The van der Waals surface area contributed by atoms with Crippen LogP contribution in [0.1, 0.15) is 20.8 Å². The summed E-state index contributed by atoms with van der Waals surface area (Å²) in [4.78, 5) is 24.3. The van der Waals surface area contributed by atoms with Crippen molar-refractivity contribution in [1.29, 1.82) is 0 Å². The maximum absolute atomic E-state index is 12.0. The summed E-state index contributed by atoms with van der Waals surface area (Å²) in [5.41, 5.74) is 0.479. The molecule has 0 aliphatic heterocycles. The van der Waals surface area contributed by atoms with E-state index in [4.69, 9.17) is 5.11 Å². The van der Waals surface area contributed by atoms with Crippen molar-refractivity contribution in [2.24, 2.45) is 0 Å². The molecule has 1 aromatic heterocycles. The quantitative estimate of drug-likeness (QED) is 0.890. The van der Waals surface area contributed by atoms with E-state index in [9.17, 15) is 9.59 Å². The van der Waals surface area contributed by atoms with Crippen molar-refractivity contribution >= 4 is 17.6 Å². The Morgan fingerprint density at radius 1 is 1.28 bits per heavy atom. The number of carbonyl (C=O) groups excluding carboxylic acids is 1. The second kappa shape index (κ2) is 4.70. The van der Waals surface area contributed by atoms with Crippen molar-refractivity contribution in [1.82, 2.24) is 5.16 Å². The highest BCUT2D eigenvalue weighted by atomic mass is 16.5. The molecular formula is C12H10N2O4. The summed E-state index contributed by atoms with van der Waals surface area (Å²) < 4.78 is 4.59. The van der Waals surface area contributed by atoms with Gasteiger partial charge >= 0.3 is 5.97 Å². The van der Waals surface area contributed by atoms with E-state index in [-0.39, 0.29) is 11.3 Å². The minimum Gasteiger partial charge on any atom is -0.478 e. The summed E-state index contributed by atoms with van der Waals surface area (Å²) in [6.45, 7) is 0. The molecule has 0 unspecified atom stereocenters. The van der Waals surface area contributed by atoms with Gasteiger partial charge in [0.2, 0.25) is 0 Å². The van der Waals surface area contributed by atoms with E-state index in [1.165, 1.54) is 30.3 Å². The molecule has 1 aromatic carbocycles. The van der Waals surface area contributed by atoms with Crippen LogP contribution < -0.4 is 4.90 Å². The topological polar surface area (TPSA) is 83.6 Å². The molecule has 92 valence electrons. The molecule has 0 bridgehead atoms. The normalized spacial score (nSPS) is 10.1. The van der Waals surface area contributed by atoms with E-state index < -0.39 is 11.9 Å². The van der Waals surface area contributed by atoms with Gasteiger partial charge in [0.1, 0.15) is 6.26 Å². The number of amides is 1. The first-order valence-corrected chi connectivity index (χ1v) is 5.12. The zero-order valence-corrected chi connectivity index (χ0v) is 9.53. The number of nitrogens with zero attached hydrogens (tertiary/aromatic N) is 2. The zero-order valence-electron chi connectivity index (χ0n) is 9.53. The predicted molar refractivity (Wildman–Crippen MR) is 62.6 cm³/mol. The van der Waals surface area contributed by atoms with Gasteiger partial charge in [0.15, 0.2) is 5.69 Å². The van der Waals surface area contributed by atoms with Crippen LogP contribution >= 0.6 is 0 Å². The summed E-state index contributed by atoms with van der Waals surface area (Å²) >= 11 is 0. The van der Waals surface area contributed by atoms with Crippen LogP contribution in [-0.4, -0.2) is 29.2 Å². The van der Waals surface area contributed by atoms with Gasteiger partial charge in [-0.25, -0.2) is 4.79 Å². The number of anilines is 1. The summed E-state index contributed by atoms with van der Waals surface area (Å²) in [7, 11) is 1.48. The smallest absolute Gasteiger partial charge is 0.337 e. The maximum Gasteiger partial charge on any atom is 0.337 e. The molecule has 1 amide bonds. The fourth-order valence-corrected chi connectivity index (χ4v) is 1.55. The van der Waals surface area contributed by atoms with Crippen LogP contribution in [0.15, 0.2) is 41.1 Å². The predicted octanol–water partition coefficient (Wildman–Crippen LogP) is 1.65. The molecule has 6 nitrogen and oxygen atoms in total. The van der Waals surface area contributed by atoms with Crippen LogP contribution in [0.4, 0.5) is 5.69 Å². The summed E-state index contributed by atoms with van der Waals surface area (Å²) in [6.07, 6.45) is 1.28. The average Bonchev–Trinajstić information content (AvgIpc) is 2.90. The molecule has 2 aromatic rings. The van der Waals surface area contributed by atoms with Crippen molar-refractivity contribution in [3.8, 4) is 0 Å². The average molecular weight is 246 g/mol. The Hall–Kier alpha value is -2.63. The van der Waals surface area contributed by atoms with Crippen molar-refractivity contribution in [2.45, 2.75) is 0 Å². The molecule has 1 N–H and O–H groups in total. The van der Waals surface area contributed by atoms with E-state index in [2.05, 4.69) is 9.68 Å². The highest BCUT2D eigenvalue weighted by Gasteiger charge is 2.20. The Morgan fingerprint density at radius 3 is 2.61 bits per heavy atom. The molecule has 0 saturated heterocycles. The van der Waals surface area contributed by atoms with Crippen molar-refractivity contribution in [2.75, 3.05) is 11.9 Å². The van der Waals surface area contributed by atoms with E-state index in [0.717, 1.165) is 0 Å². The lowest BCUT2D eigenvalue weighted by atomic mass is 10.1. The Labute approximate surface area is 102 Å². The third kappa shape index (κ3) is 2.08. The number of aromatic carboxylic acids is 1.